The quantitative estimate of drug-likeness (QED) is 0.572. The molecule has 8 heteroatoms. The van der Waals surface area contributed by atoms with Gasteiger partial charge in [0.05, 0.1) is 13.1 Å². The molecule has 0 bridgehead atoms. The molecule has 0 aliphatic carbocycles. The van der Waals surface area contributed by atoms with Gasteiger partial charge >= 0.3 is 0 Å². The fourth-order valence-corrected chi connectivity index (χ4v) is 4.32. The molecule has 0 unspecified atom stereocenters. The first-order chi connectivity index (χ1) is 13.6. The van der Waals surface area contributed by atoms with Gasteiger partial charge in [-0.05, 0) is 13.1 Å². The molecule has 3 fully saturated rings. The summed E-state index contributed by atoms with van der Waals surface area (Å²) in [5, 5.41) is 0. The Bertz CT molecular complexity index is 461. The van der Waals surface area contributed by atoms with Gasteiger partial charge in [-0.15, -0.1) is 0 Å². The molecular weight excluding hydrogens is 356 g/mol. The zero-order valence-electron chi connectivity index (χ0n) is 17.8. The summed E-state index contributed by atoms with van der Waals surface area (Å²) in [5.41, 5.74) is 0. The Morgan fingerprint density at radius 2 is 0.786 bits per heavy atom. The van der Waals surface area contributed by atoms with Crippen molar-refractivity contribution in [3.8, 4) is 0 Å². The second kappa shape index (κ2) is 10.5. The van der Waals surface area contributed by atoms with Crippen molar-refractivity contribution in [3.05, 3.63) is 0 Å². The average Bonchev–Trinajstić information content (AvgIpc) is 2.75. The maximum absolute atomic E-state index is 12.6. The SMILES string of the molecule is CCN1CCN(CC(=O)N2CCN(C(=O)CN3CCN(CC)CC3)CC2)CC1. The number of carbonyl (C=O) groups is 2. The zero-order valence-corrected chi connectivity index (χ0v) is 17.8. The molecule has 3 aliphatic heterocycles. The third-order valence-corrected chi connectivity index (χ3v) is 6.53. The Morgan fingerprint density at radius 1 is 0.500 bits per heavy atom. The van der Waals surface area contributed by atoms with Gasteiger partial charge in [0.2, 0.25) is 11.8 Å². The smallest absolute Gasteiger partial charge is 0.236 e. The van der Waals surface area contributed by atoms with Crippen LogP contribution in [0.15, 0.2) is 0 Å². The van der Waals surface area contributed by atoms with Gasteiger partial charge in [-0.25, -0.2) is 0 Å². The molecule has 160 valence electrons. The number of hydrogen-bond donors (Lipinski definition) is 0. The van der Waals surface area contributed by atoms with Crippen LogP contribution in [0, 0.1) is 0 Å². The van der Waals surface area contributed by atoms with Crippen LogP contribution in [0.4, 0.5) is 0 Å². The lowest BCUT2D eigenvalue weighted by atomic mass is 10.2. The van der Waals surface area contributed by atoms with Crippen molar-refractivity contribution in [2.75, 3.05) is 105 Å². The van der Waals surface area contributed by atoms with E-state index < -0.39 is 0 Å². The Hall–Kier alpha value is -1.22. The van der Waals surface area contributed by atoms with Gasteiger partial charge in [0.1, 0.15) is 0 Å². The van der Waals surface area contributed by atoms with Crippen LogP contribution >= 0.6 is 0 Å². The van der Waals surface area contributed by atoms with E-state index in [1.54, 1.807) is 0 Å². The third kappa shape index (κ3) is 5.89. The largest absolute Gasteiger partial charge is 0.338 e. The molecule has 2 amide bonds. The highest BCUT2D eigenvalue weighted by Gasteiger charge is 2.27. The van der Waals surface area contributed by atoms with Crippen LogP contribution in [0.1, 0.15) is 13.8 Å². The van der Waals surface area contributed by atoms with Crippen LogP contribution in [0.2, 0.25) is 0 Å². The molecule has 0 aromatic rings. The fraction of sp³-hybridized carbons (Fsp3) is 0.900. The minimum absolute atomic E-state index is 0.215. The number of likely N-dealkylation sites (N-methyl/N-ethyl adjacent to an activating group) is 2. The van der Waals surface area contributed by atoms with E-state index in [2.05, 4.69) is 33.4 Å². The molecule has 3 heterocycles. The van der Waals surface area contributed by atoms with Crippen LogP contribution in [-0.2, 0) is 9.59 Å². The molecular formula is C20H38N6O2. The molecule has 0 atom stereocenters. The Morgan fingerprint density at radius 3 is 1.07 bits per heavy atom. The summed E-state index contributed by atoms with van der Waals surface area (Å²) in [7, 11) is 0. The van der Waals surface area contributed by atoms with Crippen LogP contribution in [0.3, 0.4) is 0 Å². The molecule has 3 aliphatic rings. The van der Waals surface area contributed by atoms with Crippen LogP contribution in [-0.4, -0.2) is 146 Å². The van der Waals surface area contributed by atoms with E-state index in [0.717, 1.165) is 65.4 Å². The Balaban J connectivity index is 1.34. The summed E-state index contributed by atoms with van der Waals surface area (Å²) in [6.45, 7) is 18.4. The van der Waals surface area contributed by atoms with Crippen molar-refractivity contribution >= 4 is 11.8 Å². The monoisotopic (exact) mass is 394 g/mol. The summed E-state index contributed by atoms with van der Waals surface area (Å²) in [5.74, 6) is 0.431. The van der Waals surface area contributed by atoms with Crippen molar-refractivity contribution in [1.29, 1.82) is 0 Å². The van der Waals surface area contributed by atoms with Gasteiger partial charge in [-0.1, -0.05) is 13.8 Å². The van der Waals surface area contributed by atoms with Crippen LogP contribution in [0.25, 0.3) is 0 Å². The van der Waals surface area contributed by atoms with E-state index >= 15 is 0 Å². The highest BCUT2D eigenvalue weighted by Crippen LogP contribution is 2.08. The summed E-state index contributed by atoms with van der Waals surface area (Å²) < 4.78 is 0. The van der Waals surface area contributed by atoms with Gasteiger partial charge in [-0.3, -0.25) is 19.4 Å². The summed E-state index contributed by atoms with van der Waals surface area (Å²) in [6, 6.07) is 0. The fourth-order valence-electron chi connectivity index (χ4n) is 4.32. The molecule has 0 saturated carbocycles. The number of nitrogens with zero attached hydrogens (tertiary/aromatic N) is 6. The number of hydrogen-bond acceptors (Lipinski definition) is 6. The maximum atomic E-state index is 12.6. The van der Waals surface area contributed by atoms with Gasteiger partial charge < -0.3 is 19.6 Å². The van der Waals surface area contributed by atoms with E-state index in [-0.39, 0.29) is 11.8 Å². The van der Waals surface area contributed by atoms with Crippen LogP contribution < -0.4 is 0 Å². The molecule has 3 rings (SSSR count). The lowest BCUT2D eigenvalue weighted by Crippen LogP contribution is -2.56. The maximum Gasteiger partial charge on any atom is 0.236 e. The number of carbonyl (C=O) groups excluding carboxylic acids is 2. The summed E-state index contributed by atoms with van der Waals surface area (Å²) >= 11 is 0. The second-order valence-electron chi connectivity index (χ2n) is 8.18. The first-order valence-electron chi connectivity index (χ1n) is 11.0. The minimum atomic E-state index is 0.215. The Labute approximate surface area is 170 Å². The molecule has 8 nitrogen and oxygen atoms in total. The van der Waals surface area contributed by atoms with E-state index in [0.29, 0.717) is 39.3 Å². The van der Waals surface area contributed by atoms with E-state index in [1.165, 1.54) is 0 Å². The minimum Gasteiger partial charge on any atom is -0.338 e. The van der Waals surface area contributed by atoms with Crippen molar-refractivity contribution in [2.45, 2.75) is 13.8 Å². The highest BCUT2D eigenvalue weighted by molar-refractivity contribution is 5.80. The van der Waals surface area contributed by atoms with Crippen LogP contribution in [0.5, 0.6) is 0 Å². The number of piperazine rings is 3. The molecule has 3 saturated heterocycles. The van der Waals surface area contributed by atoms with E-state index in [4.69, 9.17) is 0 Å². The number of amides is 2. The van der Waals surface area contributed by atoms with E-state index in [9.17, 15) is 9.59 Å². The van der Waals surface area contributed by atoms with Crippen molar-refractivity contribution < 1.29 is 9.59 Å². The topological polar surface area (TPSA) is 53.6 Å². The van der Waals surface area contributed by atoms with Crippen molar-refractivity contribution in [1.82, 2.24) is 29.4 Å². The van der Waals surface area contributed by atoms with Gasteiger partial charge in [0.25, 0.3) is 0 Å². The average molecular weight is 395 g/mol. The Kier molecular flexibility index (Phi) is 8.08. The van der Waals surface area contributed by atoms with Gasteiger partial charge in [0.15, 0.2) is 0 Å². The third-order valence-electron chi connectivity index (χ3n) is 6.53. The lowest BCUT2D eigenvalue weighted by Gasteiger charge is -2.39. The lowest BCUT2D eigenvalue weighted by molar-refractivity contribution is -0.141. The predicted octanol–water partition coefficient (Wildman–Crippen LogP) is -1.07. The van der Waals surface area contributed by atoms with Crippen molar-refractivity contribution in [2.24, 2.45) is 0 Å². The number of rotatable bonds is 6. The molecule has 0 radical (unpaired) electrons. The summed E-state index contributed by atoms with van der Waals surface area (Å²) in [4.78, 5) is 38.5. The highest BCUT2D eigenvalue weighted by atomic mass is 16.2. The summed E-state index contributed by atoms with van der Waals surface area (Å²) in [6.07, 6.45) is 0. The standard InChI is InChI=1S/C20H38N6O2/c1-3-21-5-9-23(10-6-21)17-19(27)25-13-15-26(16-14-25)20(28)18-24-11-7-22(4-2)8-12-24/h3-18H2,1-2H3. The van der Waals surface area contributed by atoms with E-state index in [1.807, 2.05) is 9.80 Å². The van der Waals surface area contributed by atoms with Gasteiger partial charge in [0, 0.05) is 78.5 Å². The van der Waals surface area contributed by atoms with Gasteiger partial charge in [-0.2, -0.15) is 0 Å². The molecule has 0 aromatic carbocycles. The molecule has 28 heavy (non-hydrogen) atoms. The zero-order chi connectivity index (χ0) is 19.9. The predicted molar refractivity (Wildman–Crippen MR) is 110 cm³/mol. The first-order valence-corrected chi connectivity index (χ1v) is 11.0. The second-order valence-corrected chi connectivity index (χ2v) is 8.18. The van der Waals surface area contributed by atoms with Crippen molar-refractivity contribution in [3.63, 3.8) is 0 Å². The molecule has 0 spiro atoms. The molecule has 0 N–H and O–H groups in total. The molecule has 0 aromatic heterocycles. The first kappa shape index (κ1) is 21.5. The normalized spacial score (nSPS) is 23.9.